The highest BCUT2D eigenvalue weighted by Gasteiger charge is 1.99. The highest BCUT2D eigenvalue weighted by Crippen LogP contribution is 2.22. The topological polar surface area (TPSA) is 24.1 Å². The van der Waals surface area contributed by atoms with E-state index in [1.165, 1.54) is 0 Å². The number of hydrogen-bond acceptors (Lipinski definition) is 1. The quantitative estimate of drug-likeness (QED) is 0.579. The highest BCUT2D eigenvalue weighted by molar-refractivity contribution is 5.74. The Hall–Kier alpha value is -3.13. The van der Waals surface area contributed by atoms with Crippen LogP contribution in [-0.4, -0.2) is 5.11 Å². The SMILES string of the molecule is C=C/C=C(\C=C/C)/C=C/c1ccc(O)c(/C=C/c2cc[n+](C)cc2)c1. The van der Waals surface area contributed by atoms with Crippen LogP contribution in [0.2, 0.25) is 0 Å². The van der Waals surface area contributed by atoms with Crippen molar-refractivity contribution in [3.63, 3.8) is 0 Å². The first-order valence-corrected chi connectivity index (χ1v) is 8.22. The summed E-state index contributed by atoms with van der Waals surface area (Å²) in [6, 6.07) is 9.64. The van der Waals surface area contributed by atoms with E-state index in [1.54, 1.807) is 12.1 Å². The van der Waals surface area contributed by atoms with Crippen LogP contribution in [0.3, 0.4) is 0 Å². The molecule has 0 aliphatic rings. The summed E-state index contributed by atoms with van der Waals surface area (Å²) < 4.78 is 1.99. The molecule has 2 heteroatoms. The Morgan fingerprint density at radius 3 is 2.44 bits per heavy atom. The number of benzene rings is 1. The Morgan fingerprint density at radius 2 is 1.76 bits per heavy atom. The summed E-state index contributed by atoms with van der Waals surface area (Å²) >= 11 is 0. The lowest BCUT2D eigenvalue weighted by molar-refractivity contribution is -0.671. The van der Waals surface area contributed by atoms with Gasteiger partial charge in [-0.2, -0.15) is 0 Å². The van der Waals surface area contributed by atoms with Gasteiger partial charge in [0.15, 0.2) is 12.4 Å². The van der Waals surface area contributed by atoms with E-state index in [4.69, 9.17) is 0 Å². The molecule has 0 atom stereocenters. The number of aromatic nitrogens is 1. The second-order valence-corrected chi connectivity index (χ2v) is 5.68. The zero-order valence-corrected chi connectivity index (χ0v) is 14.8. The highest BCUT2D eigenvalue weighted by atomic mass is 16.3. The van der Waals surface area contributed by atoms with E-state index < -0.39 is 0 Å². The van der Waals surface area contributed by atoms with Crippen LogP contribution in [0.1, 0.15) is 23.6 Å². The third kappa shape index (κ3) is 5.78. The first-order valence-electron chi connectivity index (χ1n) is 8.22. The fraction of sp³-hybridized carbons (Fsp3) is 0.0870. The molecular weight excluding hydrogens is 306 g/mol. The van der Waals surface area contributed by atoms with E-state index in [2.05, 4.69) is 6.58 Å². The van der Waals surface area contributed by atoms with Crippen molar-refractivity contribution in [1.82, 2.24) is 0 Å². The van der Waals surface area contributed by atoms with Crippen molar-refractivity contribution < 1.29 is 9.67 Å². The average Bonchev–Trinajstić information content (AvgIpc) is 2.61. The van der Waals surface area contributed by atoms with Crippen molar-refractivity contribution in [3.05, 3.63) is 102 Å². The summed E-state index contributed by atoms with van der Waals surface area (Å²) in [5, 5.41) is 10.1. The van der Waals surface area contributed by atoms with Gasteiger partial charge in [-0.25, -0.2) is 4.57 Å². The van der Waals surface area contributed by atoms with Crippen LogP contribution in [0.4, 0.5) is 0 Å². The summed E-state index contributed by atoms with van der Waals surface area (Å²) in [5.74, 6) is 0.269. The zero-order chi connectivity index (χ0) is 18.1. The molecular formula is C23H24NO+. The lowest BCUT2D eigenvalue weighted by atomic mass is 10.1. The van der Waals surface area contributed by atoms with Crippen molar-refractivity contribution in [2.45, 2.75) is 6.92 Å². The van der Waals surface area contributed by atoms with Crippen LogP contribution in [0.25, 0.3) is 18.2 Å². The minimum Gasteiger partial charge on any atom is -0.507 e. The minimum absolute atomic E-state index is 0.269. The molecule has 1 aromatic carbocycles. The Labute approximate surface area is 150 Å². The molecule has 0 fully saturated rings. The summed E-state index contributed by atoms with van der Waals surface area (Å²) in [5.41, 5.74) is 3.97. The monoisotopic (exact) mass is 330 g/mol. The maximum Gasteiger partial charge on any atom is 0.169 e. The lowest BCUT2D eigenvalue weighted by Gasteiger charge is -2.02. The van der Waals surface area contributed by atoms with Crippen LogP contribution in [-0.2, 0) is 7.05 Å². The van der Waals surface area contributed by atoms with Gasteiger partial charge >= 0.3 is 0 Å². The number of nitrogens with zero attached hydrogens (tertiary/aromatic N) is 1. The lowest BCUT2D eigenvalue weighted by Crippen LogP contribution is -2.25. The van der Waals surface area contributed by atoms with Gasteiger partial charge in [0.25, 0.3) is 0 Å². The van der Waals surface area contributed by atoms with Gasteiger partial charge in [0, 0.05) is 17.7 Å². The Morgan fingerprint density at radius 1 is 1.00 bits per heavy atom. The van der Waals surface area contributed by atoms with Gasteiger partial charge in [-0.1, -0.05) is 61.3 Å². The summed E-state index contributed by atoms with van der Waals surface area (Å²) in [7, 11) is 1.98. The van der Waals surface area contributed by atoms with E-state index >= 15 is 0 Å². The Bertz CT molecular complexity index is 837. The van der Waals surface area contributed by atoms with Crippen molar-refractivity contribution in [2.24, 2.45) is 7.05 Å². The van der Waals surface area contributed by atoms with Crippen molar-refractivity contribution in [2.75, 3.05) is 0 Å². The molecule has 1 N–H and O–H groups in total. The zero-order valence-electron chi connectivity index (χ0n) is 14.8. The molecule has 1 heterocycles. The van der Waals surface area contributed by atoms with Gasteiger partial charge in [0.2, 0.25) is 0 Å². The molecule has 0 bridgehead atoms. The van der Waals surface area contributed by atoms with Crippen LogP contribution in [0.15, 0.2) is 85.3 Å². The molecule has 25 heavy (non-hydrogen) atoms. The van der Waals surface area contributed by atoms with Gasteiger partial charge < -0.3 is 5.11 Å². The molecule has 0 aliphatic heterocycles. The van der Waals surface area contributed by atoms with Crippen molar-refractivity contribution >= 4 is 18.2 Å². The number of aromatic hydroxyl groups is 1. The standard InChI is InChI=1S/C23H23NO/c1-4-6-19(7-5-2)8-9-21-11-13-23(25)22(18-21)12-10-20-14-16-24(3)17-15-20/h4-18H,1H2,2-3H3/p+1/b7-5-,9-8+,19-6+. The molecule has 0 saturated heterocycles. The summed E-state index contributed by atoms with van der Waals surface area (Å²) in [6.45, 7) is 5.72. The Kier molecular flexibility index (Phi) is 6.73. The van der Waals surface area contributed by atoms with Gasteiger partial charge in [-0.05, 0) is 35.8 Å². The molecule has 2 aromatic rings. The fourth-order valence-corrected chi connectivity index (χ4v) is 2.31. The second-order valence-electron chi connectivity index (χ2n) is 5.68. The number of phenols is 1. The van der Waals surface area contributed by atoms with Crippen LogP contribution >= 0.6 is 0 Å². The number of phenolic OH excluding ortho intramolecular Hbond substituents is 1. The van der Waals surface area contributed by atoms with Gasteiger partial charge in [-0.15, -0.1) is 0 Å². The largest absolute Gasteiger partial charge is 0.507 e. The molecule has 0 spiro atoms. The normalized spacial score (nSPS) is 12.5. The van der Waals surface area contributed by atoms with Gasteiger partial charge in [0.05, 0.1) is 0 Å². The van der Waals surface area contributed by atoms with Gasteiger partial charge in [-0.3, -0.25) is 0 Å². The first-order chi connectivity index (χ1) is 12.1. The molecule has 0 unspecified atom stereocenters. The smallest absolute Gasteiger partial charge is 0.169 e. The molecule has 2 rings (SSSR count). The fourth-order valence-electron chi connectivity index (χ4n) is 2.31. The van der Waals surface area contributed by atoms with E-state index in [-0.39, 0.29) is 5.75 Å². The van der Waals surface area contributed by atoms with Crippen LogP contribution < -0.4 is 4.57 Å². The molecule has 0 radical (unpaired) electrons. The van der Waals surface area contributed by atoms with E-state index in [0.717, 1.165) is 22.3 Å². The molecule has 126 valence electrons. The van der Waals surface area contributed by atoms with Crippen LogP contribution in [0.5, 0.6) is 5.75 Å². The number of allylic oxidation sites excluding steroid dienone is 6. The maximum absolute atomic E-state index is 10.1. The first kappa shape index (κ1) is 18.2. The van der Waals surface area contributed by atoms with Gasteiger partial charge in [0.1, 0.15) is 12.8 Å². The predicted octanol–water partition coefficient (Wildman–Crippen LogP) is 5.09. The van der Waals surface area contributed by atoms with E-state index in [1.807, 2.05) is 97.7 Å². The molecule has 0 amide bonds. The molecule has 2 nitrogen and oxygen atoms in total. The second kappa shape index (κ2) is 9.24. The average molecular weight is 330 g/mol. The number of hydrogen-bond donors (Lipinski definition) is 1. The van der Waals surface area contributed by atoms with E-state index in [0.29, 0.717) is 0 Å². The molecule has 0 saturated carbocycles. The maximum atomic E-state index is 10.1. The Balaban J connectivity index is 2.23. The minimum atomic E-state index is 0.269. The predicted molar refractivity (Wildman–Crippen MR) is 107 cm³/mol. The van der Waals surface area contributed by atoms with Crippen LogP contribution in [0, 0.1) is 0 Å². The summed E-state index contributed by atoms with van der Waals surface area (Å²) in [4.78, 5) is 0. The van der Waals surface area contributed by atoms with Crippen molar-refractivity contribution in [1.29, 1.82) is 0 Å². The summed E-state index contributed by atoms with van der Waals surface area (Å²) in [6.07, 6.45) is 19.7. The third-order valence-electron chi connectivity index (χ3n) is 3.65. The molecule has 0 aliphatic carbocycles. The number of aryl methyl sites for hydroxylation is 1. The molecule has 1 aromatic heterocycles. The van der Waals surface area contributed by atoms with Crippen molar-refractivity contribution in [3.8, 4) is 5.75 Å². The number of pyridine rings is 1. The third-order valence-corrected chi connectivity index (χ3v) is 3.65. The number of rotatable bonds is 6. The van der Waals surface area contributed by atoms with E-state index in [9.17, 15) is 5.11 Å².